The van der Waals surface area contributed by atoms with Gasteiger partial charge in [-0.05, 0) is 43.5 Å². The Labute approximate surface area is 111 Å². The van der Waals surface area contributed by atoms with Crippen molar-refractivity contribution in [2.75, 3.05) is 0 Å². The first-order valence-electron chi connectivity index (χ1n) is 5.58. The van der Waals surface area contributed by atoms with Crippen LogP contribution >= 0.6 is 11.6 Å². The van der Waals surface area contributed by atoms with Gasteiger partial charge in [0, 0.05) is 5.56 Å². The molecule has 4 heteroatoms. The summed E-state index contributed by atoms with van der Waals surface area (Å²) in [5.41, 5.74) is 5.28. The summed E-state index contributed by atoms with van der Waals surface area (Å²) in [5.74, 6) is 0. The van der Waals surface area contributed by atoms with Crippen molar-refractivity contribution < 1.29 is 4.79 Å². The molecule has 0 aliphatic rings. The maximum Gasteiger partial charge on any atom is 0.155 e. The Hall–Kier alpha value is -1.74. The first-order chi connectivity index (χ1) is 8.54. The summed E-state index contributed by atoms with van der Waals surface area (Å²) in [7, 11) is 0. The second-order valence-electron chi connectivity index (χ2n) is 4.30. The highest BCUT2D eigenvalue weighted by atomic mass is 35.5. The third-order valence-electron chi connectivity index (χ3n) is 3.05. The van der Waals surface area contributed by atoms with E-state index in [0.717, 1.165) is 16.7 Å². The number of aromatic nitrogens is 2. The molecular weight excluding hydrogens is 248 g/mol. The standard InChI is InChI=1S/C14H13ClN2O/c1-8-4-10(3)11(5-9(8)2)13-12(6-18)14(15)17-7-16-13/h4-7H,1-3H3. The largest absolute Gasteiger partial charge is 0.298 e. The fraction of sp³-hybridized carbons (Fsp3) is 0.214. The number of nitrogens with zero attached hydrogens (tertiary/aromatic N) is 2. The Kier molecular flexibility index (Phi) is 3.43. The Morgan fingerprint density at radius 2 is 1.72 bits per heavy atom. The monoisotopic (exact) mass is 260 g/mol. The van der Waals surface area contributed by atoms with Crippen molar-refractivity contribution in [3.05, 3.63) is 45.9 Å². The van der Waals surface area contributed by atoms with Gasteiger partial charge in [0.05, 0.1) is 11.3 Å². The van der Waals surface area contributed by atoms with Gasteiger partial charge >= 0.3 is 0 Å². The number of halogens is 1. The van der Waals surface area contributed by atoms with E-state index in [-0.39, 0.29) is 5.15 Å². The fourth-order valence-electron chi connectivity index (χ4n) is 1.91. The number of aldehydes is 1. The fourth-order valence-corrected chi connectivity index (χ4v) is 2.09. The molecule has 0 amide bonds. The lowest BCUT2D eigenvalue weighted by Gasteiger charge is -2.11. The van der Waals surface area contributed by atoms with Crippen molar-refractivity contribution in [1.82, 2.24) is 9.97 Å². The van der Waals surface area contributed by atoms with Crippen molar-refractivity contribution >= 4 is 17.9 Å². The summed E-state index contributed by atoms with van der Waals surface area (Å²) in [6.45, 7) is 6.08. The third kappa shape index (κ3) is 2.14. The van der Waals surface area contributed by atoms with E-state index in [9.17, 15) is 4.79 Å². The van der Waals surface area contributed by atoms with Gasteiger partial charge in [0.25, 0.3) is 0 Å². The van der Waals surface area contributed by atoms with Crippen LogP contribution in [0.5, 0.6) is 0 Å². The van der Waals surface area contributed by atoms with Gasteiger partial charge in [0.2, 0.25) is 0 Å². The minimum absolute atomic E-state index is 0.188. The van der Waals surface area contributed by atoms with Gasteiger partial charge in [0.15, 0.2) is 6.29 Å². The molecule has 0 atom stereocenters. The minimum atomic E-state index is 0.188. The molecule has 1 heterocycles. The first-order valence-corrected chi connectivity index (χ1v) is 5.96. The van der Waals surface area contributed by atoms with Gasteiger partial charge in [-0.2, -0.15) is 0 Å². The van der Waals surface area contributed by atoms with Gasteiger partial charge in [-0.1, -0.05) is 17.7 Å². The van der Waals surface area contributed by atoms with E-state index < -0.39 is 0 Å². The Morgan fingerprint density at radius 1 is 1.06 bits per heavy atom. The summed E-state index contributed by atoms with van der Waals surface area (Å²) < 4.78 is 0. The Morgan fingerprint density at radius 3 is 2.39 bits per heavy atom. The lowest BCUT2D eigenvalue weighted by Crippen LogP contribution is -1.98. The van der Waals surface area contributed by atoms with E-state index in [4.69, 9.17) is 11.6 Å². The Bertz CT molecular complexity index is 623. The maximum atomic E-state index is 11.1. The molecule has 0 fully saturated rings. The number of carbonyl (C=O) groups excluding carboxylic acids is 1. The number of hydrogen-bond acceptors (Lipinski definition) is 3. The minimum Gasteiger partial charge on any atom is -0.298 e. The van der Waals surface area contributed by atoms with Crippen LogP contribution in [0.2, 0.25) is 5.15 Å². The highest BCUT2D eigenvalue weighted by Gasteiger charge is 2.13. The second-order valence-corrected chi connectivity index (χ2v) is 4.65. The van der Waals surface area contributed by atoms with Crippen molar-refractivity contribution in [2.45, 2.75) is 20.8 Å². The molecule has 1 aromatic heterocycles. The number of carbonyl (C=O) groups is 1. The number of rotatable bonds is 2. The molecule has 0 saturated heterocycles. The molecular formula is C14H13ClN2O. The average Bonchev–Trinajstić information content (AvgIpc) is 2.33. The summed E-state index contributed by atoms with van der Waals surface area (Å²) in [5, 5.41) is 0.188. The van der Waals surface area contributed by atoms with Crippen LogP contribution in [0.25, 0.3) is 11.3 Å². The van der Waals surface area contributed by atoms with Crippen LogP contribution in [0.15, 0.2) is 18.5 Å². The maximum absolute atomic E-state index is 11.1. The molecule has 0 aliphatic heterocycles. The lowest BCUT2D eigenvalue weighted by molar-refractivity contribution is 0.112. The summed E-state index contributed by atoms with van der Waals surface area (Å²) in [6, 6.07) is 4.10. The van der Waals surface area contributed by atoms with E-state index in [1.54, 1.807) is 0 Å². The Balaban J connectivity index is 2.73. The van der Waals surface area contributed by atoms with E-state index in [1.807, 2.05) is 19.9 Å². The van der Waals surface area contributed by atoms with E-state index in [1.165, 1.54) is 11.9 Å². The van der Waals surface area contributed by atoms with Crippen LogP contribution in [-0.4, -0.2) is 16.3 Å². The van der Waals surface area contributed by atoms with Crippen molar-refractivity contribution in [3.8, 4) is 11.3 Å². The highest BCUT2D eigenvalue weighted by molar-refractivity contribution is 6.32. The molecule has 18 heavy (non-hydrogen) atoms. The van der Waals surface area contributed by atoms with Gasteiger partial charge in [-0.3, -0.25) is 4.79 Å². The zero-order valence-corrected chi connectivity index (χ0v) is 11.2. The SMILES string of the molecule is Cc1cc(C)c(-c2ncnc(Cl)c2C=O)cc1C. The van der Waals surface area contributed by atoms with Gasteiger partial charge in [-0.15, -0.1) is 0 Å². The average molecular weight is 261 g/mol. The molecule has 0 radical (unpaired) electrons. The third-order valence-corrected chi connectivity index (χ3v) is 3.35. The predicted octanol–water partition coefficient (Wildman–Crippen LogP) is 3.53. The topological polar surface area (TPSA) is 42.9 Å². The molecule has 0 saturated carbocycles. The van der Waals surface area contributed by atoms with Crippen LogP contribution in [0.4, 0.5) is 0 Å². The second kappa shape index (κ2) is 4.86. The van der Waals surface area contributed by atoms with Crippen LogP contribution in [-0.2, 0) is 0 Å². The molecule has 2 aromatic rings. The predicted molar refractivity (Wildman–Crippen MR) is 72.1 cm³/mol. The number of hydrogen-bond donors (Lipinski definition) is 0. The molecule has 0 N–H and O–H groups in total. The van der Waals surface area contributed by atoms with Crippen molar-refractivity contribution in [1.29, 1.82) is 0 Å². The summed E-state index contributed by atoms with van der Waals surface area (Å²) >= 11 is 5.92. The normalized spacial score (nSPS) is 10.4. The van der Waals surface area contributed by atoms with Crippen LogP contribution in [0.3, 0.4) is 0 Å². The molecule has 0 bridgehead atoms. The molecule has 92 valence electrons. The molecule has 1 aromatic carbocycles. The molecule has 0 aliphatic carbocycles. The van der Waals surface area contributed by atoms with Gasteiger partial charge in [0.1, 0.15) is 11.5 Å². The van der Waals surface area contributed by atoms with Crippen LogP contribution in [0, 0.1) is 20.8 Å². The number of aryl methyl sites for hydroxylation is 3. The van der Waals surface area contributed by atoms with Crippen LogP contribution < -0.4 is 0 Å². The molecule has 3 nitrogen and oxygen atoms in total. The zero-order chi connectivity index (χ0) is 13.3. The van der Waals surface area contributed by atoms with Crippen LogP contribution in [0.1, 0.15) is 27.0 Å². The van der Waals surface area contributed by atoms with Gasteiger partial charge in [-0.25, -0.2) is 9.97 Å². The van der Waals surface area contributed by atoms with Crippen molar-refractivity contribution in [3.63, 3.8) is 0 Å². The van der Waals surface area contributed by atoms with E-state index >= 15 is 0 Å². The number of benzene rings is 1. The van der Waals surface area contributed by atoms with Gasteiger partial charge < -0.3 is 0 Å². The first kappa shape index (κ1) is 12.7. The van der Waals surface area contributed by atoms with Crippen molar-refractivity contribution in [2.24, 2.45) is 0 Å². The molecule has 0 unspecified atom stereocenters. The lowest BCUT2D eigenvalue weighted by atomic mass is 9.97. The highest BCUT2D eigenvalue weighted by Crippen LogP contribution is 2.28. The summed E-state index contributed by atoms with van der Waals surface area (Å²) in [6.07, 6.45) is 2.07. The molecule has 2 rings (SSSR count). The quantitative estimate of drug-likeness (QED) is 0.613. The van der Waals surface area contributed by atoms with E-state index in [0.29, 0.717) is 17.5 Å². The van der Waals surface area contributed by atoms with E-state index in [2.05, 4.69) is 23.0 Å². The summed E-state index contributed by atoms with van der Waals surface area (Å²) in [4.78, 5) is 19.1. The smallest absolute Gasteiger partial charge is 0.155 e. The molecule has 0 spiro atoms. The zero-order valence-electron chi connectivity index (χ0n) is 10.5.